The first-order valence-corrected chi connectivity index (χ1v) is 5.69. The predicted octanol–water partition coefficient (Wildman–Crippen LogP) is 3.36. The second kappa shape index (κ2) is 4.59. The van der Waals surface area contributed by atoms with Crippen LogP contribution in [0.3, 0.4) is 0 Å². The van der Waals surface area contributed by atoms with E-state index in [1.807, 2.05) is 24.3 Å². The van der Waals surface area contributed by atoms with E-state index in [0.29, 0.717) is 0 Å². The molecule has 1 unspecified atom stereocenters. The Labute approximate surface area is 97.3 Å². The van der Waals surface area contributed by atoms with E-state index in [4.69, 9.17) is 11.6 Å². The van der Waals surface area contributed by atoms with Crippen molar-refractivity contribution in [2.24, 2.45) is 0 Å². The molecule has 0 aliphatic heterocycles. The molecule has 5 heteroatoms. The van der Waals surface area contributed by atoms with Gasteiger partial charge in [0.05, 0.1) is 6.04 Å². The highest BCUT2D eigenvalue weighted by Crippen LogP contribution is 2.21. The van der Waals surface area contributed by atoms with Crippen molar-refractivity contribution in [1.29, 1.82) is 0 Å². The molecule has 1 aromatic carbocycles. The molecule has 0 aliphatic carbocycles. The number of benzene rings is 1. The summed E-state index contributed by atoms with van der Waals surface area (Å²) in [7, 11) is 0. The quantitative estimate of drug-likeness (QED) is 0.893. The van der Waals surface area contributed by atoms with Gasteiger partial charge in [0.25, 0.3) is 0 Å². The van der Waals surface area contributed by atoms with Gasteiger partial charge in [0.2, 0.25) is 5.13 Å². The monoisotopic (exact) mass is 239 g/mol. The van der Waals surface area contributed by atoms with E-state index in [1.165, 1.54) is 17.9 Å². The summed E-state index contributed by atoms with van der Waals surface area (Å²) in [6.45, 7) is 2.06. The highest BCUT2D eigenvalue weighted by Gasteiger charge is 2.06. The number of rotatable bonds is 3. The fourth-order valence-corrected chi connectivity index (χ4v) is 2.00. The van der Waals surface area contributed by atoms with Gasteiger partial charge in [-0.2, -0.15) is 4.37 Å². The summed E-state index contributed by atoms with van der Waals surface area (Å²) < 4.78 is 3.93. The van der Waals surface area contributed by atoms with Gasteiger partial charge in [-0.1, -0.05) is 23.7 Å². The average Bonchev–Trinajstić information content (AvgIpc) is 2.70. The molecule has 0 aliphatic rings. The molecule has 0 fully saturated rings. The highest BCUT2D eigenvalue weighted by molar-refractivity contribution is 7.09. The van der Waals surface area contributed by atoms with Crippen LogP contribution in [0.5, 0.6) is 0 Å². The summed E-state index contributed by atoms with van der Waals surface area (Å²) in [5.74, 6) is 0. The fourth-order valence-electron chi connectivity index (χ4n) is 1.28. The molecule has 2 aromatic rings. The van der Waals surface area contributed by atoms with Gasteiger partial charge in [0, 0.05) is 16.6 Å². The van der Waals surface area contributed by atoms with Crippen LogP contribution in [0.4, 0.5) is 5.13 Å². The summed E-state index contributed by atoms with van der Waals surface area (Å²) >= 11 is 7.26. The van der Waals surface area contributed by atoms with Crippen molar-refractivity contribution in [2.45, 2.75) is 13.0 Å². The molecule has 0 saturated carbocycles. The largest absolute Gasteiger partial charge is 0.354 e. The van der Waals surface area contributed by atoms with E-state index < -0.39 is 0 Å². The highest BCUT2D eigenvalue weighted by atomic mass is 35.5. The van der Waals surface area contributed by atoms with Crippen LogP contribution in [-0.4, -0.2) is 9.36 Å². The molecule has 1 heterocycles. The van der Waals surface area contributed by atoms with Crippen molar-refractivity contribution in [1.82, 2.24) is 9.36 Å². The van der Waals surface area contributed by atoms with Gasteiger partial charge in [0.15, 0.2) is 0 Å². The maximum Gasteiger partial charge on any atom is 0.202 e. The molecule has 3 nitrogen and oxygen atoms in total. The summed E-state index contributed by atoms with van der Waals surface area (Å²) in [5.41, 5.74) is 1.14. The first kappa shape index (κ1) is 10.4. The summed E-state index contributed by atoms with van der Waals surface area (Å²) in [6.07, 6.45) is 1.54. The third-order valence-electron chi connectivity index (χ3n) is 2.05. The van der Waals surface area contributed by atoms with Crippen LogP contribution in [0.15, 0.2) is 30.6 Å². The Balaban J connectivity index is 2.11. The van der Waals surface area contributed by atoms with Crippen molar-refractivity contribution in [3.63, 3.8) is 0 Å². The lowest BCUT2D eigenvalue weighted by molar-refractivity contribution is 0.881. The molecule has 0 spiro atoms. The number of nitrogens with one attached hydrogen (secondary N) is 1. The first-order chi connectivity index (χ1) is 7.25. The molecule has 1 aromatic heterocycles. The normalized spacial score (nSPS) is 12.4. The molecule has 1 atom stereocenters. The van der Waals surface area contributed by atoms with Crippen LogP contribution in [0.2, 0.25) is 5.02 Å². The Morgan fingerprint density at radius 2 is 2.33 bits per heavy atom. The minimum absolute atomic E-state index is 0.177. The molecular weight excluding hydrogens is 230 g/mol. The van der Waals surface area contributed by atoms with Crippen molar-refractivity contribution < 1.29 is 0 Å². The molecule has 78 valence electrons. The van der Waals surface area contributed by atoms with Crippen molar-refractivity contribution in [3.05, 3.63) is 41.2 Å². The maximum absolute atomic E-state index is 5.92. The van der Waals surface area contributed by atoms with E-state index >= 15 is 0 Å². The third-order valence-corrected chi connectivity index (χ3v) is 2.88. The Morgan fingerprint density at radius 1 is 1.47 bits per heavy atom. The summed E-state index contributed by atoms with van der Waals surface area (Å²) in [4.78, 5) is 4.07. The van der Waals surface area contributed by atoms with Gasteiger partial charge in [-0.05, 0) is 24.6 Å². The van der Waals surface area contributed by atoms with E-state index in [-0.39, 0.29) is 6.04 Å². The Morgan fingerprint density at radius 3 is 3.00 bits per heavy atom. The topological polar surface area (TPSA) is 37.8 Å². The predicted molar refractivity (Wildman–Crippen MR) is 63.4 cm³/mol. The van der Waals surface area contributed by atoms with E-state index in [2.05, 4.69) is 21.6 Å². The summed E-state index contributed by atoms with van der Waals surface area (Å²) in [5, 5.41) is 4.82. The Hall–Kier alpha value is -1.13. The fraction of sp³-hybridized carbons (Fsp3) is 0.200. The molecular formula is C10H10ClN3S. The van der Waals surface area contributed by atoms with E-state index in [9.17, 15) is 0 Å². The van der Waals surface area contributed by atoms with Gasteiger partial charge < -0.3 is 5.32 Å². The average molecular weight is 240 g/mol. The van der Waals surface area contributed by atoms with Crippen LogP contribution < -0.4 is 5.32 Å². The number of hydrogen-bond acceptors (Lipinski definition) is 4. The van der Waals surface area contributed by atoms with Crippen LogP contribution >= 0.6 is 23.1 Å². The van der Waals surface area contributed by atoms with Crippen LogP contribution in [0.25, 0.3) is 0 Å². The zero-order chi connectivity index (χ0) is 10.7. The van der Waals surface area contributed by atoms with Gasteiger partial charge in [-0.3, -0.25) is 0 Å². The minimum atomic E-state index is 0.177. The van der Waals surface area contributed by atoms with Gasteiger partial charge in [0.1, 0.15) is 6.33 Å². The number of aromatic nitrogens is 2. The molecule has 0 bridgehead atoms. The zero-order valence-corrected chi connectivity index (χ0v) is 9.72. The standard InChI is InChI=1S/C10H10ClN3S/c1-7(14-10-12-6-13-15-10)8-3-2-4-9(11)5-8/h2-7H,1H3,(H,12,13,14). The second-order valence-corrected chi connectivity index (χ2v) is 4.38. The third kappa shape index (κ3) is 2.67. The molecule has 0 radical (unpaired) electrons. The van der Waals surface area contributed by atoms with Gasteiger partial charge in [-0.15, -0.1) is 0 Å². The van der Waals surface area contributed by atoms with Crippen molar-refractivity contribution in [3.8, 4) is 0 Å². The van der Waals surface area contributed by atoms with Crippen LogP contribution in [-0.2, 0) is 0 Å². The number of anilines is 1. The van der Waals surface area contributed by atoms with Gasteiger partial charge in [-0.25, -0.2) is 4.98 Å². The molecule has 0 saturated heterocycles. The van der Waals surface area contributed by atoms with E-state index in [0.717, 1.165) is 15.7 Å². The molecule has 0 amide bonds. The first-order valence-electron chi connectivity index (χ1n) is 4.54. The number of nitrogens with zero attached hydrogens (tertiary/aromatic N) is 2. The lowest BCUT2D eigenvalue weighted by Gasteiger charge is -2.12. The van der Waals surface area contributed by atoms with Gasteiger partial charge >= 0.3 is 0 Å². The Kier molecular flexibility index (Phi) is 3.18. The van der Waals surface area contributed by atoms with Crippen molar-refractivity contribution in [2.75, 3.05) is 5.32 Å². The smallest absolute Gasteiger partial charge is 0.202 e. The number of hydrogen-bond donors (Lipinski definition) is 1. The minimum Gasteiger partial charge on any atom is -0.354 e. The lowest BCUT2D eigenvalue weighted by Crippen LogP contribution is -2.05. The summed E-state index contributed by atoms with van der Waals surface area (Å²) in [6, 6.07) is 7.96. The lowest BCUT2D eigenvalue weighted by atomic mass is 10.1. The van der Waals surface area contributed by atoms with Crippen molar-refractivity contribution >= 4 is 28.3 Å². The van der Waals surface area contributed by atoms with Crippen LogP contribution in [0.1, 0.15) is 18.5 Å². The zero-order valence-electron chi connectivity index (χ0n) is 8.14. The molecule has 15 heavy (non-hydrogen) atoms. The molecule has 2 rings (SSSR count). The second-order valence-electron chi connectivity index (χ2n) is 3.17. The van der Waals surface area contributed by atoms with E-state index in [1.54, 1.807) is 0 Å². The Bertz CT molecular complexity index is 430. The maximum atomic E-state index is 5.92. The SMILES string of the molecule is CC(Nc1ncns1)c1cccc(Cl)c1. The van der Waals surface area contributed by atoms with Crippen LogP contribution in [0, 0.1) is 0 Å². The molecule has 1 N–H and O–H groups in total. The number of halogens is 1.